The van der Waals surface area contributed by atoms with Crippen molar-refractivity contribution in [1.29, 1.82) is 0 Å². The number of nitrogens with one attached hydrogen (secondary N) is 4. The summed E-state index contributed by atoms with van der Waals surface area (Å²) in [7, 11) is 2.70. The first kappa shape index (κ1) is 30.5. The summed E-state index contributed by atoms with van der Waals surface area (Å²) >= 11 is 0. The summed E-state index contributed by atoms with van der Waals surface area (Å²) in [6.07, 6.45) is 8.79. The summed E-state index contributed by atoms with van der Waals surface area (Å²) in [4.78, 5) is 50.6. The number of aromatic amines is 3. The summed E-state index contributed by atoms with van der Waals surface area (Å²) in [6.45, 7) is 12.6. The van der Waals surface area contributed by atoms with Crippen LogP contribution in [0.1, 0.15) is 83.2 Å². The molecule has 6 rings (SSSR count). The first-order valence-corrected chi connectivity index (χ1v) is 15.8. The van der Waals surface area contributed by atoms with E-state index in [-0.39, 0.29) is 24.1 Å². The average molecular weight is 611 g/mol. The molecule has 8 bridgehead atoms. The van der Waals surface area contributed by atoms with Crippen LogP contribution < -0.4 is 26.7 Å². The van der Waals surface area contributed by atoms with E-state index >= 15 is 0 Å². The van der Waals surface area contributed by atoms with Gasteiger partial charge in [0.15, 0.2) is 5.78 Å². The van der Waals surface area contributed by atoms with Crippen molar-refractivity contribution in [1.82, 2.24) is 20.3 Å². The van der Waals surface area contributed by atoms with Crippen LogP contribution in [0, 0.1) is 32.6 Å². The zero-order chi connectivity index (χ0) is 32.3. The Labute approximate surface area is 262 Å². The number of aromatic nitrogens is 3. The minimum atomic E-state index is -1.08. The van der Waals surface area contributed by atoms with Gasteiger partial charge in [0.1, 0.15) is 5.92 Å². The smallest absolute Gasteiger partial charge is 0.320 e. The van der Waals surface area contributed by atoms with Gasteiger partial charge in [-0.25, -0.2) is 0 Å². The standard InChI is InChI=1S/C36H42N4O5/c1-9-20-16(3)23-13-25-18(5)22(11-12-29(41)44-7)33(39-25)31-32(36(43)45-8)35(42)30-19(6)26(40-34(30)31)15-28-21(10-2)17(4)24(38-28)14-27(20)37-23/h13-15,22,32-33,37-40H,9-12H2,1-8H3/b23-13-,26-15-,27-14-/t22-,32+,33?/m0/s1. The molecule has 1 unspecified atom stereocenters. The number of esters is 2. The number of carbonyl (C=O) groups is 3. The molecule has 0 saturated heterocycles. The first-order valence-electron chi connectivity index (χ1n) is 15.8. The van der Waals surface area contributed by atoms with Crippen molar-refractivity contribution in [2.45, 2.75) is 73.3 Å². The quantitative estimate of drug-likeness (QED) is 0.250. The zero-order valence-corrected chi connectivity index (χ0v) is 27.3. The monoisotopic (exact) mass is 610 g/mol. The highest BCUT2D eigenvalue weighted by atomic mass is 16.5. The predicted octanol–water partition coefficient (Wildman–Crippen LogP) is 2.12. The zero-order valence-electron chi connectivity index (χ0n) is 27.3. The van der Waals surface area contributed by atoms with E-state index in [4.69, 9.17) is 9.47 Å². The third kappa shape index (κ3) is 4.71. The predicted molar refractivity (Wildman–Crippen MR) is 173 cm³/mol. The number of Topliss-reactive ketones (excluding diaryl/α,β-unsaturated/α-hetero) is 1. The molecular weight excluding hydrogens is 568 g/mol. The van der Waals surface area contributed by atoms with Gasteiger partial charge in [0.25, 0.3) is 0 Å². The van der Waals surface area contributed by atoms with Crippen LogP contribution in [0.3, 0.4) is 0 Å². The molecule has 0 saturated carbocycles. The Hall–Kier alpha value is -4.53. The average Bonchev–Trinajstić information content (AvgIpc) is 3.76. The summed E-state index contributed by atoms with van der Waals surface area (Å²) < 4.78 is 10.2. The van der Waals surface area contributed by atoms with Gasteiger partial charge < -0.3 is 29.7 Å². The summed E-state index contributed by atoms with van der Waals surface area (Å²) in [6, 6.07) is -0.425. The molecule has 2 aliphatic heterocycles. The van der Waals surface area contributed by atoms with Gasteiger partial charge in [0.2, 0.25) is 0 Å². The van der Waals surface area contributed by atoms with Gasteiger partial charge in [-0.3, -0.25) is 14.4 Å². The van der Waals surface area contributed by atoms with Gasteiger partial charge in [0.05, 0.1) is 25.6 Å². The lowest BCUT2D eigenvalue weighted by Crippen LogP contribution is -2.39. The fourth-order valence-corrected chi connectivity index (χ4v) is 7.68. The van der Waals surface area contributed by atoms with Crippen LogP contribution in [0.15, 0.2) is 11.3 Å². The Kier molecular flexibility index (Phi) is 7.75. The lowest BCUT2D eigenvalue weighted by atomic mass is 9.82. The minimum Gasteiger partial charge on any atom is -0.469 e. The van der Waals surface area contributed by atoms with Crippen molar-refractivity contribution in [2.24, 2.45) is 11.8 Å². The van der Waals surface area contributed by atoms with Gasteiger partial charge in [-0.1, -0.05) is 13.8 Å². The molecule has 0 amide bonds. The van der Waals surface area contributed by atoms with E-state index in [0.717, 1.165) is 57.1 Å². The number of methoxy groups -OCH3 is 2. The maximum atomic E-state index is 14.1. The van der Waals surface area contributed by atoms with E-state index in [9.17, 15) is 14.4 Å². The Morgan fingerprint density at radius 3 is 2.16 bits per heavy atom. The van der Waals surface area contributed by atoms with Crippen molar-refractivity contribution < 1.29 is 23.9 Å². The Balaban J connectivity index is 1.72. The highest BCUT2D eigenvalue weighted by Crippen LogP contribution is 2.39. The van der Waals surface area contributed by atoms with E-state index in [1.165, 1.54) is 36.5 Å². The maximum absolute atomic E-state index is 14.1. The van der Waals surface area contributed by atoms with Gasteiger partial charge in [-0.15, -0.1) is 0 Å². The van der Waals surface area contributed by atoms with Gasteiger partial charge in [-0.2, -0.15) is 0 Å². The molecule has 3 aromatic heterocycles. The molecule has 236 valence electrons. The second kappa shape index (κ2) is 11.4. The number of rotatable bonds is 6. The van der Waals surface area contributed by atoms with Gasteiger partial charge >= 0.3 is 11.9 Å². The van der Waals surface area contributed by atoms with Crippen LogP contribution in [0.4, 0.5) is 0 Å². The summed E-state index contributed by atoms with van der Waals surface area (Å²) in [5.41, 5.74) is 10.7. The van der Waals surface area contributed by atoms with Crippen LogP contribution in [0.5, 0.6) is 0 Å². The number of hydrogen-bond donors (Lipinski definition) is 4. The van der Waals surface area contributed by atoms with E-state index < -0.39 is 17.9 Å². The Morgan fingerprint density at radius 2 is 1.49 bits per heavy atom. The lowest BCUT2D eigenvalue weighted by molar-refractivity contribution is -0.142. The Morgan fingerprint density at radius 1 is 0.800 bits per heavy atom. The molecule has 9 nitrogen and oxygen atoms in total. The summed E-state index contributed by atoms with van der Waals surface area (Å²) in [5.74, 6) is -2.42. The minimum absolute atomic E-state index is 0.171. The van der Waals surface area contributed by atoms with Crippen LogP contribution in [0.25, 0.3) is 23.8 Å². The van der Waals surface area contributed by atoms with Crippen LogP contribution >= 0.6 is 0 Å². The molecule has 1 aliphatic carbocycles. The molecule has 0 fully saturated rings. The van der Waals surface area contributed by atoms with E-state index in [1.807, 2.05) is 6.92 Å². The molecular formula is C36H42N4O5. The number of hydrogen-bond acceptors (Lipinski definition) is 6. The number of H-pyrrole nitrogens is 3. The van der Waals surface area contributed by atoms with Crippen LogP contribution in [-0.2, 0) is 31.9 Å². The molecule has 3 aliphatic rings. The number of ether oxygens (including phenoxy) is 2. The number of allylic oxidation sites excluding steroid dienone is 1. The number of ketones is 1. The highest BCUT2D eigenvalue weighted by molar-refractivity contribution is 6.19. The van der Waals surface area contributed by atoms with E-state index in [2.05, 4.69) is 73.1 Å². The molecule has 0 spiro atoms. The topological polar surface area (TPSA) is 129 Å². The molecule has 4 N–H and O–H groups in total. The fraction of sp³-hybridized carbons (Fsp3) is 0.417. The molecule has 9 heteroatoms. The normalized spacial score (nSPS) is 22.3. The third-order valence-electron chi connectivity index (χ3n) is 10.2. The van der Waals surface area contributed by atoms with Crippen LogP contribution in [0.2, 0.25) is 0 Å². The molecule has 45 heavy (non-hydrogen) atoms. The molecule has 3 atom stereocenters. The largest absolute Gasteiger partial charge is 0.469 e. The molecule has 0 radical (unpaired) electrons. The number of fused-ring (bicyclic) bond motifs is 8. The van der Waals surface area contributed by atoms with Crippen molar-refractivity contribution in [2.75, 3.05) is 14.2 Å². The SMILES string of the molecule is CCc1c2[nH]c(c1C)/C=c1\[nH]/c(c(C)c1CC)=C\C1=C(C)[C@H](CCC(=O)OC)C(N1)C1=c3[nH]/c(c(C)c3C(=O)[C@@H]1C(=O)OC)=C\2. The lowest BCUT2D eigenvalue weighted by Gasteiger charge is -2.25. The molecule has 5 heterocycles. The Bertz CT molecular complexity index is 2050. The molecule has 3 aromatic rings. The summed E-state index contributed by atoms with van der Waals surface area (Å²) in [5, 5.41) is 7.22. The van der Waals surface area contributed by atoms with Crippen molar-refractivity contribution in [3.63, 3.8) is 0 Å². The second-order valence-electron chi connectivity index (χ2n) is 12.4. The van der Waals surface area contributed by atoms with E-state index in [1.54, 1.807) is 0 Å². The van der Waals surface area contributed by atoms with E-state index in [0.29, 0.717) is 22.9 Å². The fourth-order valence-electron chi connectivity index (χ4n) is 7.68. The number of carbonyl (C=O) groups excluding carboxylic acids is 3. The van der Waals surface area contributed by atoms with Crippen molar-refractivity contribution in [3.05, 3.63) is 77.4 Å². The highest BCUT2D eigenvalue weighted by Gasteiger charge is 2.47. The van der Waals surface area contributed by atoms with Gasteiger partial charge in [0, 0.05) is 51.0 Å². The van der Waals surface area contributed by atoms with Crippen LogP contribution in [-0.4, -0.2) is 52.9 Å². The maximum Gasteiger partial charge on any atom is 0.320 e. The second-order valence-corrected chi connectivity index (χ2v) is 12.4. The third-order valence-corrected chi connectivity index (χ3v) is 10.2. The molecule has 0 aromatic carbocycles. The van der Waals surface area contributed by atoms with Crippen molar-refractivity contribution >= 4 is 41.5 Å². The first-order chi connectivity index (χ1) is 21.5. The van der Waals surface area contributed by atoms with Gasteiger partial charge in [-0.05, 0) is 104 Å². The van der Waals surface area contributed by atoms with Crippen molar-refractivity contribution in [3.8, 4) is 0 Å².